The van der Waals surface area contributed by atoms with Crippen LogP contribution in [0.25, 0.3) is 0 Å². The summed E-state index contributed by atoms with van der Waals surface area (Å²) in [6.45, 7) is 8.10. The van der Waals surface area contributed by atoms with Crippen LogP contribution >= 0.6 is 0 Å². The van der Waals surface area contributed by atoms with Gasteiger partial charge in [-0.05, 0) is 35.1 Å². The Morgan fingerprint density at radius 1 is 1.16 bits per heavy atom. The normalized spacial score (nSPS) is 10.7. The second kappa shape index (κ2) is 6.36. The van der Waals surface area contributed by atoms with Gasteiger partial charge in [-0.1, -0.05) is 27.7 Å². The predicted molar refractivity (Wildman–Crippen MR) is 75.6 cm³/mol. The van der Waals surface area contributed by atoms with Crippen molar-refractivity contribution in [1.82, 2.24) is 0 Å². The fraction of sp³-hybridized carbons (Fsp3) is 0.467. The highest BCUT2D eigenvalue weighted by Crippen LogP contribution is 2.33. The van der Waals surface area contributed by atoms with Crippen LogP contribution in [0.5, 0.6) is 0 Å². The third-order valence-corrected chi connectivity index (χ3v) is 3.07. The summed E-state index contributed by atoms with van der Waals surface area (Å²) in [6.07, 6.45) is 0.672. The van der Waals surface area contributed by atoms with Crippen molar-refractivity contribution in [2.75, 3.05) is 12.4 Å². The summed E-state index contributed by atoms with van der Waals surface area (Å²) in [4.78, 5) is 22.5. The standard InChI is InChI=1S/C15H21NO3/c1-9(2)12-6-11(15(18)19-5)7-13(10(3)4)14(12)16-8-17/h6-10H,1-5H3,(H,16,17). The number of amides is 1. The topological polar surface area (TPSA) is 55.4 Å². The second-order valence-electron chi connectivity index (χ2n) is 5.09. The quantitative estimate of drug-likeness (QED) is 0.655. The highest BCUT2D eigenvalue weighted by Gasteiger charge is 2.18. The molecule has 1 N–H and O–H groups in total. The van der Waals surface area contributed by atoms with Crippen LogP contribution in [0.15, 0.2) is 12.1 Å². The highest BCUT2D eigenvalue weighted by molar-refractivity contribution is 5.92. The number of nitrogens with one attached hydrogen (secondary N) is 1. The molecule has 0 atom stereocenters. The van der Waals surface area contributed by atoms with E-state index >= 15 is 0 Å². The number of carbonyl (C=O) groups is 2. The van der Waals surface area contributed by atoms with E-state index in [0.717, 1.165) is 16.8 Å². The van der Waals surface area contributed by atoms with Gasteiger partial charge in [-0.15, -0.1) is 0 Å². The number of hydrogen-bond acceptors (Lipinski definition) is 3. The third kappa shape index (κ3) is 3.34. The van der Waals surface area contributed by atoms with E-state index in [1.54, 1.807) is 12.1 Å². The van der Waals surface area contributed by atoms with Crippen LogP contribution in [-0.4, -0.2) is 19.5 Å². The van der Waals surface area contributed by atoms with E-state index in [4.69, 9.17) is 4.74 Å². The number of methoxy groups -OCH3 is 1. The van der Waals surface area contributed by atoms with Gasteiger partial charge in [-0.25, -0.2) is 4.79 Å². The molecule has 1 aromatic rings. The van der Waals surface area contributed by atoms with E-state index in [2.05, 4.69) is 5.32 Å². The van der Waals surface area contributed by atoms with Gasteiger partial charge in [0.15, 0.2) is 0 Å². The Labute approximate surface area is 114 Å². The van der Waals surface area contributed by atoms with E-state index in [9.17, 15) is 9.59 Å². The lowest BCUT2D eigenvalue weighted by molar-refractivity contribution is -0.105. The van der Waals surface area contributed by atoms with Crippen LogP contribution in [0, 0.1) is 0 Å². The summed E-state index contributed by atoms with van der Waals surface area (Å²) in [5.74, 6) is 0.0376. The molecule has 104 valence electrons. The molecule has 0 aliphatic carbocycles. The molecular weight excluding hydrogens is 242 g/mol. The van der Waals surface area contributed by atoms with Gasteiger partial charge in [0.2, 0.25) is 6.41 Å². The summed E-state index contributed by atoms with van der Waals surface area (Å²) in [5.41, 5.74) is 3.21. The largest absolute Gasteiger partial charge is 0.465 e. The molecule has 1 aromatic carbocycles. The summed E-state index contributed by atoms with van der Waals surface area (Å²) < 4.78 is 4.78. The number of rotatable bonds is 5. The fourth-order valence-corrected chi connectivity index (χ4v) is 2.06. The monoisotopic (exact) mass is 263 g/mol. The minimum Gasteiger partial charge on any atom is -0.465 e. The zero-order valence-electron chi connectivity index (χ0n) is 12.1. The molecule has 4 heteroatoms. The Bertz CT molecular complexity index is 449. The summed E-state index contributed by atoms with van der Waals surface area (Å²) in [5, 5.41) is 2.76. The molecule has 0 aromatic heterocycles. The average molecular weight is 263 g/mol. The first-order chi connectivity index (χ1) is 8.92. The van der Waals surface area contributed by atoms with Gasteiger partial charge in [0.05, 0.1) is 12.7 Å². The van der Waals surface area contributed by atoms with Gasteiger partial charge in [0, 0.05) is 5.69 Å². The van der Waals surface area contributed by atoms with E-state index in [0.29, 0.717) is 12.0 Å². The van der Waals surface area contributed by atoms with Crippen LogP contribution in [0.3, 0.4) is 0 Å². The Balaban J connectivity index is 3.52. The van der Waals surface area contributed by atoms with Crippen molar-refractivity contribution in [2.45, 2.75) is 39.5 Å². The maximum Gasteiger partial charge on any atom is 0.337 e. The predicted octanol–water partition coefficient (Wildman–Crippen LogP) is 3.29. The Hall–Kier alpha value is -1.84. The first-order valence-electron chi connectivity index (χ1n) is 6.38. The molecule has 0 heterocycles. The second-order valence-corrected chi connectivity index (χ2v) is 5.09. The Kier molecular flexibility index (Phi) is 5.10. The number of hydrogen-bond donors (Lipinski definition) is 1. The van der Waals surface area contributed by atoms with E-state index in [1.807, 2.05) is 27.7 Å². The smallest absolute Gasteiger partial charge is 0.337 e. The van der Waals surface area contributed by atoms with Crippen molar-refractivity contribution < 1.29 is 14.3 Å². The first kappa shape index (κ1) is 15.2. The van der Waals surface area contributed by atoms with Gasteiger partial charge in [-0.3, -0.25) is 4.79 Å². The third-order valence-electron chi connectivity index (χ3n) is 3.07. The van der Waals surface area contributed by atoms with Crippen molar-refractivity contribution in [3.05, 3.63) is 28.8 Å². The van der Waals surface area contributed by atoms with Crippen molar-refractivity contribution in [1.29, 1.82) is 0 Å². The fourth-order valence-electron chi connectivity index (χ4n) is 2.06. The van der Waals surface area contributed by atoms with E-state index < -0.39 is 0 Å². The first-order valence-corrected chi connectivity index (χ1v) is 6.38. The summed E-state index contributed by atoms with van der Waals surface area (Å²) in [7, 11) is 1.37. The molecule has 0 aliphatic heterocycles. The van der Waals surface area contributed by atoms with Crippen LogP contribution in [-0.2, 0) is 9.53 Å². The van der Waals surface area contributed by atoms with Gasteiger partial charge in [0.25, 0.3) is 0 Å². The van der Waals surface area contributed by atoms with Crippen molar-refractivity contribution in [2.24, 2.45) is 0 Å². The molecule has 0 bridgehead atoms. The molecule has 1 rings (SSSR count). The number of carbonyl (C=O) groups excluding carboxylic acids is 2. The maximum atomic E-state index is 11.7. The molecule has 0 saturated carbocycles. The zero-order chi connectivity index (χ0) is 14.6. The molecule has 0 radical (unpaired) electrons. The number of ether oxygens (including phenoxy) is 1. The Morgan fingerprint density at radius 2 is 1.63 bits per heavy atom. The van der Waals surface area contributed by atoms with Crippen LogP contribution in [0.2, 0.25) is 0 Å². The molecule has 0 saturated heterocycles. The Morgan fingerprint density at radius 3 is 1.95 bits per heavy atom. The van der Waals surface area contributed by atoms with Gasteiger partial charge in [-0.2, -0.15) is 0 Å². The zero-order valence-corrected chi connectivity index (χ0v) is 12.1. The van der Waals surface area contributed by atoms with Crippen LogP contribution in [0.1, 0.15) is 61.0 Å². The lowest BCUT2D eigenvalue weighted by atomic mass is 9.90. The number of esters is 1. The van der Waals surface area contributed by atoms with Gasteiger partial charge in [0.1, 0.15) is 0 Å². The molecule has 0 unspecified atom stereocenters. The highest BCUT2D eigenvalue weighted by atomic mass is 16.5. The van der Waals surface area contributed by atoms with E-state index in [1.165, 1.54) is 7.11 Å². The SMILES string of the molecule is COC(=O)c1cc(C(C)C)c(NC=O)c(C(C)C)c1. The van der Waals surface area contributed by atoms with E-state index in [-0.39, 0.29) is 17.8 Å². The molecule has 0 fully saturated rings. The molecular formula is C15H21NO3. The summed E-state index contributed by atoms with van der Waals surface area (Å²) in [6, 6.07) is 3.57. The molecule has 4 nitrogen and oxygen atoms in total. The minimum absolute atomic E-state index is 0.199. The molecule has 0 spiro atoms. The lowest BCUT2D eigenvalue weighted by Gasteiger charge is -2.20. The van der Waals surface area contributed by atoms with Crippen molar-refractivity contribution in [3.63, 3.8) is 0 Å². The average Bonchev–Trinajstić information content (AvgIpc) is 2.37. The van der Waals surface area contributed by atoms with Gasteiger partial charge < -0.3 is 10.1 Å². The lowest BCUT2D eigenvalue weighted by Crippen LogP contribution is -2.10. The number of anilines is 1. The van der Waals surface area contributed by atoms with Crippen molar-refractivity contribution >= 4 is 18.1 Å². The molecule has 0 aliphatic rings. The molecule has 19 heavy (non-hydrogen) atoms. The molecule has 1 amide bonds. The maximum absolute atomic E-state index is 11.7. The van der Waals surface area contributed by atoms with Crippen LogP contribution in [0.4, 0.5) is 5.69 Å². The summed E-state index contributed by atoms with van der Waals surface area (Å²) >= 11 is 0. The van der Waals surface area contributed by atoms with Gasteiger partial charge >= 0.3 is 5.97 Å². The van der Waals surface area contributed by atoms with Crippen molar-refractivity contribution in [3.8, 4) is 0 Å². The number of benzene rings is 1. The van der Waals surface area contributed by atoms with Crippen LogP contribution < -0.4 is 5.32 Å². The minimum atomic E-state index is -0.360.